The monoisotopic (exact) mass is 288 g/mol. The second-order valence-corrected chi connectivity index (χ2v) is 4.01. The van der Waals surface area contributed by atoms with Crippen LogP contribution in [0, 0.1) is 0 Å². The molecule has 0 radical (unpaired) electrons. The lowest BCUT2D eigenvalue weighted by molar-refractivity contribution is -0.125. The largest absolute Gasteiger partial charge is 0.368 e. The number of carbonyl (C=O) groups excluding carboxylic acids is 4. The van der Waals surface area contributed by atoms with Crippen molar-refractivity contribution >= 4 is 23.8 Å². The minimum absolute atomic E-state index is 0.325. The lowest BCUT2D eigenvalue weighted by Gasteiger charge is -2.15. The third kappa shape index (κ3) is 7.16. The van der Waals surface area contributed by atoms with E-state index in [0.29, 0.717) is 6.42 Å². The van der Waals surface area contributed by atoms with Crippen LogP contribution in [-0.4, -0.2) is 42.4 Å². The van der Waals surface area contributed by atoms with Gasteiger partial charge in [-0.3, -0.25) is 19.8 Å². The highest BCUT2D eigenvalue weighted by Gasteiger charge is 2.17. The molecular weight excluding hydrogens is 268 g/mol. The lowest BCUT2D eigenvalue weighted by Crippen LogP contribution is -2.55. The van der Waals surface area contributed by atoms with Crippen molar-refractivity contribution < 1.29 is 19.2 Å². The predicted octanol–water partition coefficient (Wildman–Crippen LogP) is -2.96. The summed E-state index contributed by atoms with van der Waals surface area (Å²) in [6, 6.07) is -2.43. The Morgan fingerprint density at radius 1 is 1.10 bits per heavy atom. The first-order valence-corrected chi connectivity index (χ1v) is 5.95. The van der Waals surface area contributed by atoms with Gasteiger partial charge in [0.1, 0.15) is 6.04 Å². The van der Waals surface area contributed by atoms with Gasteiger partial charge in [0.05, 0.1) is 12.6 Å². The van der Waals surface area contributed by atoms with Crippen LogP contribution in [-0.2, 0) is 14.4 Å². The SMILES string of the molecule is CCC(N)C(=O)NNC(=O)NC(C)C(=O)NCC(N)=O. The molecule has 10 nitrogen and oxygen atoms in total. The number of rotatable bonds is 6. The summed E-state index contributed by atoms with van der Waals surface area (Å²) in [6.07, 6.45) is 0.418. The van der Waals surface area contributed by atoms with Crippen molar-refractivity contribution in [2.24, 2.45) is 11.5 Å². The molecule has 0 saturated heterocycles. The fourth-order valence-electron chi connectivity index (χ4n) is 1.02. The quantitative estimate of drug-likeness (QED) is 0.287. The normalized spacial score (nSPS) is 12.8. The fraction of sp³-hybridized carbons (Fsp3) is 0.600. The van der Waals surface area contributed by atoms with Crippen LogP contribution in [0.3, 0.4) is 0 Å². The Balaban J connectivity index is 4.04. The maximum absolute atomic E-state index is 11.4. The number of hydrogen-bond donors (Lipinski definition) is 6. The van der Waals surface area contributed by atoms with Gasteiger partial charge < -0.3 is 22.1 Å². The highest BCUT2D eigenvalue weighted by molar-refractivity contribution is 5.90. The van der Waals surface area contributed by atoms with Crippen LogP contribution in [0.25, 0.3) is 0 Å². The number of carbonyl (C=O) groups is 4. The summed E-state index contributed by atoms with van der Waals surface area (Å²) in [5.41, 5.74) is 14.4. The van der Waals surface area contributed by atoms with Gasteiger partial charge in [-0.25, -0.2) is 10.2 Å². The lowest BCUT2D eigenvalue weighted by atomic mass is 10.2. The molecule has 0 aromatic heterocycles. The molecule has 20 heavy (non-hydrogen) atoms. The zero-order valence-corrected chi connectivity index (χ0v) is 11.4. The standard InChI is InChI=1S/C10H20N6O4/c1-3-6(11)9(19)15-16-10(20)14-5(2)8(18)13-4-7(12)17/h5-6H,3-4,11H2,1-2H3,(H2,12,17)(H,13,18)(H,15,19)(H2,14,16,20). The first-order chi connectivity index (χ1) is 9.27. The van der Waals surface area contributed by atoms with E-state index < -0.39 is 35.8 Å². The number of primary amides is 1. The average Bonchev–Trinajstić information content (AvgIpc) is 2.40. The molecule has 0 aromatic rings. The van der Waals surface area contributed by atoms with Gasteiger partial charge in [0.2, 0.25) is 11.8 Å². The number of nitrogens with one attached hydrogen (secondary N) is 4. The molecule has 2 atom stereocenters. The summed E-state index contributed by atoms with van der Waals surface area (Å²) >= 11 is 0. The van der Waals surface area contributed by atoms with Crippen LogP contribution in [0.1, 0.15) is 20.3 Å². The molecular formula is C10H20N6O4. The molecule has 0 heterocycles. The van der Waals surface area contributed by atoms with Crippen molar-refractivity contribution in [1.82, 2.24) is 21.5 Å². The molecule has 0 aliphatic carbocycles. The van der Waals surface area contributed by atoms with Crippen LogP contribution in [0.5, 0.6) is 0 Å². The van der Waals surface area contributed by atoms with Crippen molar-refractivity contribution in [3.8, 4) is 0 Å². The Hall–Kier alpha value is -2.36. The Bertz CT molecular complexity index is 386. The summed E-state index contributed by atoms with van der Waals surface area (Å²) in [6.45, 7) is 2.79. The zero-order valence-electron chi connectivity index (χ0n) is 11.4. The second kappa shape index (κ2) is 8.69. The fourth-order valence-corrected chi connectivity index (χ4v) is 1.02. The second-order valence-electron chi connectivity index (χ2n) is 4.01. The molecule has 8 N–H and O–H groups in total. The van der Waals surface area contributed by atoms with Crippen LogP contribution in [0.4, 0.5) is 4.79 Å². The minimum Gasteiger partial charge on any atom is -0.368 e. The third-order valence-corrected chi connectivity index (χ3v) is 2.25. The van der Waals surface area contributed by atoms with Crippen LogP contribution < -0.4 is 33.0 Å². The predicted molar refractivity (Wildman–Crippen MR) is 69.7 cm³/mol. The molecule has 0 aromatic carbocycles. The van der Waals surface area contributed by atoms with Gasteiger partial charge in [-0.1, -0.05) is 6.92 Å². The van der Waals surface area contributed by atoms with Gasteiger partial charge in [0.15, 0.2) is 0 Å². The molecule has 114 valence electrons. The van der Waals surface area contributed by atoms with Crippen molar-refractivity contribution in [2.45, 2.75) is 32.4 Å². The van der Waals surface area contributed by atoms with E-state index >= 15 is 0 Å². The smallest absolute Gasteiger partial charge is 0.334 e. The number of urea groups is 1. The van der Waals surface area contributed by atoms with Crippen molar-refractivity contribution in [3.63, 3.8) is 0 Å². The van der Waals surface area contributed by atoms with Crippen molar-refractivity contribution in [1.29, 1.82) is 0 Å². The number of hydrazine groups is 1. The topological polar surface area (TPSA) is 168 Å². The van der Waals surface area contributed by atoms with E-state index in [0.717, 1.165) is 0 Å². The van der Waals surface area contributed by atoms with E-state index in [4.69, 9.17) is 11.5 Å². The number of nitrogens with two attached hydrogens (primary N) is 2. The molecule has 0 aliphatic rings. The van der Waals surface area contributed by atoms with E-state index in [1.54, 1.807) is 6.92 Å². The molecule has 10 heteroatoms. The summed E-state index contributed by atoms with van der Waals surface area (Å²) in [4.78, 5) is 44.5. The first-order valence-electron chi connectivity index (χ1n) is 5.95. The van der Waals surface area contributed by atoms with Crippen LogP contribution in [0.2, 0.25) is 0 Å². The van der Waals surface area contributed by atoms with Gasteiger partial charge in [-0.2, -0.15) is 0 Å². The number of amides is 5. The van der Waals surface area contributed by atoms with Gasteiger partial charge in [-0.15, -0.1) is 0 Å². The molecule has 0 bridgehead atoms. The van der Waals surface area contributed by atoms with Gasteiger partial charge in [0, 0.05) is 0 Å². The molecule has 5 amide bonds. The first kappa shape index (κ1) is 17.6. The summed E-state index contributed by atoms with van der Waals surface area (Å²) < 4.78 is 0. The van der Waals surface area contributed by atoms with Crippen LogP contribution in [0.15, 0.2) is 0 Å². The summed E-state index contributed by atoms with van der Waals surface area (Å²) in [5, 5.41) is 4.46. The van der Waals surface area contributed by atoms with Gasteiger partial charge in [-0.05, 0) is 13.3 Å². The van der Waals surface area contributed by atoms with E-state index in [2.05, 4.69) is 16.1 Å². The summed E-state index contributed by atoms with van der Waals surface area (Å²) in [5.74, 6) is -1.83. The Morgan fingerprint density at radius 2 is 1.70 bits per heavy atom. The zero-order chi connectivity index (χ0) is 15.7. The highest BCUT2D eigenvalue weighted by atomic mass is 16.2. The molecule has 0 fully saturated rings. The minimum atomic E-state index is -0.911. The maximum Gasteiger partial charge on any atom is 0.334 e. The Kier molecular flexibility index (Phi) is 7.67. The molecule has 0 spiro atoms. The van der Waals surface area contributed by atoms with Crippen molar-refractivity contribution in [3.05, 3.63) is 0 Å². The molecule has 0 rings (SSSR count). The molecule has 0 saturated carbocycles. The van der Waals surface area contributed by atoms with E-state index in [1.807, 2.05) is 5.43 Å². The Morgan fingerprint density at radius 3 is 2.20 bits per heavy atom. The van der Waals surface area contributed by atoms with E-state index in [9.17, 15) is 19.2 Å². The third-order valence-electron chi connectivity index (χ3n) is 2.25. The van der Waals surface area contributed by atoms with Crippen LogP contribution >= 0.6 is 0 Å². The molecule has 2 unspecified atom stereocenters. The van der Waals surface area contributed by atoms with Gasteiger partial charge in [0.25, 0.3) is 5.91 Å². The number of hydrogen-bond acceptors (Lipinski definition) is 5. The Labute approximate surface area is 116 Å². The molecule has 0 aliphatic heterocycles. The van der Waals surface area contributed by atoms with Crippen molar-refractivity contribution in [2.75, 3.05) is 6.54 Å². The maximum atomic E-state index is 11.4. The van der Waals surface area contributed by atoms with E-state index in [1.165, 1.54) is 6.92 Å². The summed E-state index contributed by atoms with van der Waals surface area (Å²) in [7, 11) is 0. The average molecular weight is 288 g/mol. The van der Waals surface area contributed by atoms with Gasteiger partial charge >= 0.3 is 6.03 Å². The van der Waals surface area contributed by atoms with E-state index in [-0.39, 0.29) is 6.54 Å². The highest BCUT2D eigenvalue weighted by Crippen LogP contribution is 1.84.